The summed E-state index contributed by atoms with van der Waals surface area (Å²) < 4.78 is 65.5. The third-order valence-corrected chi connectivity index (χ3v) is 6.06. The van der Waals surface area contributed by atoms with Crippen LogP contribution in [-0.2, 0) is 23.1 Å². The van der Waals surface area contributed by atoms with Crippen LogP contribution >= 0.6 is 0 Å². The zero-order valence-electron chi connectivity index (χ0n) is 15.7. The van der Waals surface area contributed by atoms with Crippen LogP contribution < -0.4 is 16.6 Å². The summed E-state index contributed by atoms with van der Waals surface area (Å²) in [4.78, 5) is 22.9. The molecule has 0 atom stereocenters. The summed E-state index contributed by atoms with van der Waals surface area (Å²) in [6.07, 6.45) is -2.86. The van der Waals surface area contributed by atoms with Crippen molar-refractivity contribution >= 4 is 32.7 Å². The highest BCUT2D eigenvalue weighted by Crippen LogP contribution is 2.33. The van der Waals surface area contributed by atoms with E-state index in [-0.39, 0.29) is 39.0 Å². The maximum atomic E-state index is 13.0. The zero-order chi connectivity index (χ0) is 22.4. The summed E-state index contributed by atoms with van der Waals surface area (Å²) in [6.45, 7) is 1.40. The molecule has 2 amide bonds. The van der Waals surface area contributed by atoms with Crippen molar-refractivity contribution in [1.29, 1.82) is 0 Å². The molecular formula is C16H16F3N7O3S. The molecule has 3 heterocycles. The number of carbonyl (C=O) groups is 1. The number of nitrogens with zero attached hydrogens (tertiary/aromatic N) is 5. The Bertz CT molecular complexity index is 1250. The Morgan fingerprint density at radius 1 is 1.23 bits per heavy atom. The van der Waals surface area contributed by atoms with E-state index < -0.39 is 27.6 Å². The van der Waals surface area contributed by atoms with Gasteiger partial charge >= 0.3 is 12.2 Å². The first-order valence-corrected chi connectivity index (χ1v) is 9.99. The van der Waals surface area contributed by atoms with Crippen LogP contribution in [0, 0.1) is 0 Å². The second kappa shape index (κ2) is 7.21. The quantitative estimate of drug-likeness (QED) is 0.353. The number of anilines is 1. The Morgan fingerprint density at radius 3 is 2.47 bits per heavy atom. The Kier molecular flexibility index (Phi) is 5.16. The number of hydrogen-bond acceptors (Lipinski definition) is 7. The number of aromatic nitrogens is 4. The van der Waals surface area contributed by atoms with Crippen molar-refractivity contribution in [3.63, 3.8) is 0 Å². The van der Waals surface area contributed by atoms with Crippen molar-refractivity contribution in [2.24, 2.45) is 18.6 Å². The molecular weight excluding hydrogens is 427 g/mol. The standard InChI is InChI=1S/C16H16F3N7O3S/c1-3-30(28,29)11-5-9(26(21)15(20)27)7-22-12(11)14-24-10-4-8(16(17,18)19)6-23-13(10)25(14)2/h4-7H,3,21H2,1-2H3,(H2,20,27). The lowest BCUT2D eigenvalue weighted by Gasteiger charge is -2.16. The van der Waals surface area contributed by atoms with Crippen molar-refractivity contribution in [1.82, 2.24) is 19.5 Å². The minimum Gasteiger partial charge on any atom is -0.350 e. The first-order valence-electron chi connectivity index (χ1n) is 8.34. The minimum atomic E-state index is -4.62. The highest BCUT2D eigenvalue weighted by Gasteiger charge is 2.32. The number of primary amides is 1. The number of urea groups is 1. The predicted molar refractivity (Wildman–Crippen MR) is 101 cm³/mol. The van der Waals surface area contributed by atoms with E-state index in [4.69, 9.17) is 11.6 Å². The molecule has 30 heavy (non-hydrogen) atoms. The van der Waals surface area contributed by atoms with Crippen LogP contribution in [0.5, 0.6) is 0 Å². The highest BCUT2D eigenvalue weighted by atomic mass is 32.2. The van der Waals surface area contributed by atoms with Gasteiger partial charge in [0.05, 0.1) is 28.1 Å². The number of hydrogen-bond donors (Lipinski definition) is 2. The zero-order valence-corrected chi connectivity index (χ0v) is 16.5. The SMILES string of the molecule is CCS(=O)(=O)c1cc(N(N)C(N)=O)cnc1-c1nc2cc(C(F)(F)F)cnc2n1C. The van der Waals surface area contributed by atoms with E-state index in [9.17, 15) is 26.4 Å². The second-order valence-electron chi connectivity index (χ2n) is 6.21. The third kappa shape index (κ3) is 3.66. The van der Waals surface area contributed by atoms with Gasteiger partial charge in [-0.1, -0.05) is 6.92 Å². The Hall–Kier alpha value is -3.26. The van der Waals surface area contributed by atoms with E-state index in [2.05, 4.69) is 15.0 Å². The van der Waals surface area contributed by atoms with Gasteiger partial charge in [0, 0.05) is 13.2 Å². The van der Waals surface area contributed by atoms with Gasteiger partial charge in [-0.25, -0.2) is 39.0 Å². The average Bonchev–Trinajstić information content (AvgIpc) is 3.02. The second-order valence-corrected chi connectivity index (χ2v) is 8.46. The number of sulfone groups is 1. The number of aryl methyl sites for hydroxylation is 1. The molecule has 4 N–H and O–H groups in total. The van der Waals surface area contributed by atoms with Crippen LogP contribution in [-0.4, -0.2) is 39.7 Å². The van der Waals surface area contributed by atoms with Crippen molar-refractivity contribution in [3.8, 4) is 11.5 Å². The monoisotopic (exact) mass is 443 g/mol. The molecule has 10 nitrogen and oxygen atoms in total. The Labute approximate surface area is 168 Å². The van der Waals surface area contributed by atoms with Gasteiger partial charge < -0.3 is 10.3 Å². The summed E-state index contributed by atoms with van der Waals surface area (Å²) in [5.74, 6) is 5.17. The van der Waals surface area contributed by atoms with E-state index in [1.807, 2.05) is 0 Å². The highest BCUT2D eigenvalue weighted by molar-refractivity contribution is 7.91. The first kappa shape index (κ1) is 21.4. The van der Waals surface area contributed by atoms with Gasteiger partial charge in [0.25, 0.3) is 0 Å². The van der Waals surface area contributed by atoms with Gasteiger partial charge in [0.1, 0.15) is 11.2 Å². The number of fused-ring (bicyclic) bond motifs is 1. The number of nitrogens with two attached hydrogens (primary N) is 2. The maximum Gasteiger partial charge on any atom is 0.417 e. The molecule has 0 aliphatic carbocycles. The number of amides is 2. The number of imidazole rings is 1. The maximum absolute atomic E-state index is 13.0. The normalized spacial score (nSPS) is 12.3. The van der Waals surface area contributed by atoms with E-state index >= 15 is 0 Å². The number of rotatable bonds is 4. The smallest absolute Gasteiger partial charge is 0.350 e. The topological polar surface area (TPSA) is 150 Å². The van der Waals surface area contributed by atoms with Crippen LogP contribution in [0.15, 0.2) is 29.4 Å². The summed E-state index contributed by atoms with van der Waals surface area (Å²) >= 11 is 0. The van der Waals surface area contributed by atoms with Gasteiger partial charge in [-0.3, -0.25) is 0 Å². The van der Waals surface area contributed by atoms with E-state index in [0.717, 1.165) is 18.3 Å². The fourth-order valence-electron chi connectivity index (χ4n) is 2.70. The fraction of sp³-hybridized carbons (Fsp3) is 0.250. The average molecular weight is 443 g/mol. The van der Waals surface area contributed by atoms with Crippen LogP contribution in [0.2, 0.25) is 0 Å². The largest absolute Gasteiger partial charge is 0.417 e. The van der Waals surface area contributed by atoms with Gasteiger partial charge in [-0.05, 0) is 12.1 Å². The lowest BCUT2D eigenvalue weighted by molar-refractivity contribution is -0.137. The van der Waals surface area contributed by atoms with Crippen molar-refractivity contribution < 1.29 is 26.4 Å². The predicted octanol–water partition coefficient (Wildman–Crippen LogP) is 1.60. The van der Waals surface area contributed by atoms with Gasteiger partial charge in [0.2, 0.25) is 0 Å². The molecule has 160 valence electrons. The summed E-state index contributed by atoms with van der Waals surface area (Å²) in [6, 6.07) is 0.860. The van der Waals surface area contributed by atoms with Crippen LogP contribution in [0.3, 0.4) is 0 Å². The van der Waals surface area contributed by atoms with Gasteiger partial charge in [0.15, 0.2) is 21.3 Å². The molecule has 0 spiro atoms. The van der Waals surface area contributed by atoms with Crippen molar-refractivity contribution in [2.75, 3.05) is 10.8 Å². The van der Waals surface area contributed by atoms with Gasteiger partial charge in [-0.2, -0.15) is 13.2 Å². The summed E-state index contributed by atoms with van der Waals surface area (Å²) in [7, 11) is -2.44. The number of hydrazine groups is 1. The summed E-state index contributed by atoms with van der Waals surface area (Å²) in [5.41, 5.74) is 3.89. The molecule has 0 radical (unpaired) electrons. The van der Waals surface area contributed by atoms with Crippen LogP contribution in [0.25, 0.3) is 22.7 Å². The number of carbonyl (C=O) groups excluding carboxylic acids is 1. The fourth-order valence-corrected chi connectivity index (χ4v) is 3.75. The molecule has 0 saturated carbocycles. The molecule has 0 saturated heterocycles. The van der Waals surface area contributed by atoms with Crippen LogP contribution in [0.4, 0.5) is 23.7 Å². The third-order valence-electron chi connectivity index (χ3n) is 4.32. The number of alkyl halides is 3. The van der Waals surface area contributed by atoms with Gasteiger partial charge in [-0.15, -0.1) is 0 Å². The molecule has 0 aliphatic rings. The molecule has 0 unspecified atom stereocenters. The number of halogens is 3. The molecule has 14 heteroatoms. The molecule has 3 aromatic rings. The Balaban J connectivity index is 2.28. The lowest BCUT2D eigenvalue weighted by Crippen LogP contribution is -2.41. The van der Waals surface area contributed by atoms with Crippen molar-refractivity contribution in [2.45, 2.75) is 18.0 Å². The molecule has 0 fully saturated rings. The molecule has 0 aliphatic heterocycles. The van der Waals surface area contributed by atoms with E-state index in [1.54, 1.807) is 0 Å². The van der Waals surface area contributed by atoms with Crippen LogP contribution in [0.1, 0.15) is 12.5 Å². The summed E-state index contributed by atoms with van der Waals surface area (Å²) in [5, 5.41) is 0.511. The molecule has 0 bridgehead atoms. The molecule has 3 aromatic heterocycles. The lowest BCUT2D eigenvalue weighted by atomic mass is 10.2. The van der Waals surface area contributed by atoms with Crippen molar-refractivity contribution in [3.05, 3.63) is 30.1 Å². The van der Waals surface area contributed by atoms with E-state index in [1.165, 1.54) is 18.5 Å². The van der Waals surface area contributed by atoms with E-state index in [0.29, 0.717) is 11.2 Å². The number of pyridine rings is 2. The Morgan fingerprint density at radius 2 is 1.90 bits per heavy atom. The molecule has 0 aromatic carbocycles. The molecule has 3 rings (SSSR count). The first-order chi connectivity index (χ1) is 13.9. The minimum absolute atomic E-state index is 0.0296.